The molecule has 1 atom stereocenters. The van der Waals surface area contributed by atoms with Gasteiger partial charge in [0.2, 0.25) is 0 Å². The molecular weight excluding hydrogens is 319 g/mol. The molecule has 0 spiro atoms. The van der Waals surface area contributed by atoms with Crippen molar-refractivity contribution in [2.24, 2.45) is 0 Å². The van der Waals surface area contributed by atoms with Crippen LogP contribution in [0.1, 0.15) is 24.9 Å². The molecule has 1 N–H and O–H groups in total. The van der Waals surface area contributed by atoms with Crippen LogP contribution in [-0.4, -0.2) is 31.1 Å². The number of piperazine rings is 1. The molecule has 0 saturated carbocycles. The summed E-state index contributed by atoms with van der Waals surface area (Å²) in [7, 11) is 0. The summed E-state index contributed by atoms with van der Waals surface area (Å²) in [5.41, 5.74) is 1.20. The molecule has 0 aromatic heterocycles. The van der Waals surface area contributed by atoms with E-state index in [0.29, 0.717) is 10.5 Å². The molecule has 0 amide bonds. The second-order valence-electron chi connectivity index (χ2n) is 4.38. The van der Waals surface area contributed by atoms with Gasteiger partial charge in [0.25, 0.3) is 0 Å². The fraction of sp³-hybridized carbons (Fsp3) is 0.538. The molecule has 1 aromatic rings. The van der Waals surface area contributed by atoms with E-state index in [1.165, 1.54) is 5.56 Å². The number of halogens is 3. The molecule has 1 aliphatic heterocycles. The highest BCUT2D eigenvalue weighted by Crippen LogP contribution is 2.27. The van der Waals surface area contributed by atoms with Crippen molar-refractivity contribution >= 4 is 28.3 Å². The lowest BCUT2D eigenvalue weighted by Gasteiger charge is -2.34. The standard InChI is InChI=1S/C13H18BrFN2.ClH/c1-2-13(17-7-5-16-6-8-17)10-3-4-12(15)11(14)9-10;/h3-4,9,13,16H,2,5-8H2,1H3;1H/t13-;/m1./s1. The van der Waals surface area contributed by atoms with Crippen LogP contribution in [0.4, 0.5) is 4.39 Å². The predicted octanol–water partition coefficient (Wildman–Crippen LogP) is 3.37. The van der Waals surface area contributed by atoms with Gasteiger partial charge in [-0.1, -0.05) is 13.0 Å². The van der Waals surface area contributed by atoms with Crippen LogP contribution in [0.25, 0.3) is 0 Å². The summed E-state index contributed by atoms with van der Waals surface area (Å²) in [6.07, 6.45) is 1.05. The van der Waals surface area contributed by atoms with Crippen LogP contribution in [0.3, 0.4) is 0 Å². The fourth-order valence-corrected chi connectivity index (χ4v) is 2.81. The Bertz CT molecular complexity index is 383. The Morgan fingerprint density at radius 3 is 2.61 bits per heavy atom. The summed E-state index contributed by atoms with van der Waals surface area (Å²) in [6.45, 7) is 6.39. The second kappa shape index (κ2) is 7.43. The van der Waals surface area contributed by atoms with Crippen LogP contribution < -0.4 is 5.32 Å². The van der Waals surface area contributed by atoms with Gasteiger partial charge in [-0.05, 0) is 40.0 Å². The highest BCUT2D eigenvalue weighted by molar-refractivity contribution is 9.10. The van der Waals surface area contributed by atoms with Crippen LogP contribution in [0, 0.1) is 5.82 Å². The second-order valence-corrected chi connectivity index (χ2v) is 5.24. The average molecular weight is 338 g/mol. The lowest BCUT2D eigenvalue weighted by molar-refractivity contribution is 0.169. The molecule has 1 saturated heterocycles. The highest BCUT2D eigenvalue weighted by Gasteiger charge is 2.20. The summed E-state index contributed by atoms with van der Waals surface area (Å²) >= 11 is 3.26. The van der Waals surface area contributed by atoms with Crippen LogP contribution in [0.5, 0.6) is 0 Å². The van der Waals surface area contributed by atoms with Crippen LogP contribution >= 0.6 is 28.3 Å². The smallest absolute Gasteiger partial charge is 0.137 e. The van der Waals surface area contributed by atoms with Gasteiger partial charge in [-0.15, -0.1) is 12.4 Å². The van der Waals surface area contributed by atoms with E-state index in [-0.39, 0.29) is 18.2 Å². The maximum absolute atomic E-state index is 13.2. The molecule has 1 fully saturated rings. The minimum Gasteiger partial charge on any atom is -0.314 e. The minimum absolute atomic E-state index is 0. The van der Waals surface area contributed by atoms with Gasteiger partial charge in [-0.25, -0.2) is 4.39 Å². The molecular formula is C13H19BrClFN2. The van der Waals surface area contributed by atoms with E-state index in [0.717, 1.165) is 32.6 Å². The normalized spacial score (nSPS) is 18.2. The van der Waals surface area contributed by atoms with Gasteiger partial charge in [0.1, 0.15) is 5.82 Å². The first-order chi connectivity index (χ1) is 8.22. The Hall–Kier alpha value is -0.160. The van der Waals surface area contributed by atoms with E-state index < -0.39 is 0 Å². The summed E-state index contributed by atoms with van der Waals surface area (Å²) in [4.78, 5) is 2.47. The van der Waals surface area contributed by atoms with Crippen molar-refractivity contribution < 1.29 is 4.39 Å². The largest absolute Gasteiger partial charge is 0.314 e. The number of nitrogens with zero attached hydrogens (tertiary/aromatic N) is 1. The van der Waals surface area contributed by atoms with Gasteiger partial charge in [0.05, 0.1) is 4.47 Å². The number of rotatable bonds is 3. The minimum atomic E-state index is -0.191. The average Bonchev–Trinajstić information content (AvgIpc) is 2.36. The van der Waals surface area contributed by atoms with Crippen molar-refractivity contribution in [1.82, 2.24) is 10.2 Å². The monoisotopic (exact) mass is 336 g/mol. The Morgan fingerprint density at radius 1 is 1.39 bits per heavy atom. The van der Waals surface area contributed by atoms with Crippen LogP contribution in [-0.2, 0) is 0 Å². The van der Waals surface area contributed by atoms with Crippen LogP contribution in [0.15, 0.2) is 22.7 Å². The predicted molar refractivity (Wildman–Crippen MR) is 78.8 cm³/mol. The van der Waals surface area contributed by atoms with Crippen LogP contribution in [0.2, 0.25) is 0 Å². The molecule has 1 aromatic carbocycles. The quantitative estimate of drug-likeness (QED) is 0.910. The molecule has 0 aliphatic carbocycles. The maximum Gasteiger partial charge on any atom is 0.137 e. The third kappa shape index (κ3) is 3.67. The van der Waals surface area contributed by atoms with Crippen molar-refractivity contribution in [1.29, 1.82) is 0 Å². The molecule has 2 rings (SSSR count). The molecule has 102 valence electrons. The van der Waals surface area contributed by atoms with E-state index in [9.17, 15) is 4.39 Å². The summed E-state index contributed by atoms with van der Waals surface area (Å²) < 4.78 is 13.8. The Morgan fingerprint density at radius 2 is 2.06 bits per heavy atom. The van der Waals surface area contributed by atoms with Crippen molar-refractivity contribution in [2.45, 2.75) is 19.4 Å². The topological polar surface area (TPSA) is 15.3 Å². The van der Waals surface area contributed by atoms with E-state index in [1.54, 1.807) is 6.07 Å². The molecule has 0 unspecified atom stereocenters. The molecule has 1 aliphatic rings. The first-order valence-electron chi connectivity index (χ1n) is 6.12. The molecule has 5 heteroatoms. The lowest BCUT2D eigenvalue weighted by atomic mass is 10.0. The van der Waals surface area contributed by atoms with E-state index >= 15 is 0 Å². The number of nitrogens with one attached hydrogen (secondary N) is 1. The summed E-state index contributed by atoms with van der Waals surface area (Å²) in [5, 5.41) is 3.35. The highest BCUT2D eigenvalue weighted by atomic mass is 79.9. The first kappa shape index (κ1) is 15.9. The third-order valence-corrected chi connectivity index (χ3v) is 3.92. The SMILES string of the molecule is CC[C@H](c1ccc(F)c(Br)c1)N1CCNCC1.Cl. The van der Waals surface area contributed by atoms with E-state index in [1.807, 2.05) is 12.1 Å². The number of hydrogen-bond donors (Lipinski definition) is 1. The van der Waals surface area contributed by atoms with Gasteiger partial charge in [0.15, 0.2) is 0 Å². The fourth-order valence-electron chi connectivity index (χ4n) is 2.42. The van der Waals surface area contributed by atoms with Crippen molar-refractivity contribution in [2.75, 3.05) is 26.2 Å². The summed E-state index contributed by atoms with van der Waals surface area (Å²) in [5.74, 6) is -0.191. The number of hydrogen-bond acceptors (Lipinski definition) is 2. The van der Waals surface area contributed by atoms with Gasteiger partial charge in [-0.3, -0.25) is 4.90 Å². The number of benzene rings is 1. The zero-order valence-corrected chi connectivity index (χ0v) is 12.9. The van der Waals surface area contributed by atoms with Gasteiger partial charge in [0, 0.05) is 32.2 Å². The zero-order chi connectivity index (χ0) is 12.3. The maximum atomic E-state index is 13.2. The zero-order valence-electron chi connectivity index (χ0n) is 10.5. The van der Waals surface area contributed by atoms with Gasteiger partial charge < -0.3 is 5.32 Å². The Kier molecular flexibility index (Phi) is 6.57. The molecule has 18 heavy (non-hydrogen) atoms. The first-order valence-corrected chi connectivity index (χ1v) is 6.91. The van der Waals surface area contributed by atoms with Crippen molar-refractivity contribution in [3.63, 3.8) is 0 Å². The van der Waals surface area contributed by atoms with Gasteiger partial charge >= 0.3 is 0 Å². The Balaban J connectivity index is 0.00000162. The van der Waals surface area contributed by atoms with Gasteiger partial charge in [-0.2, -0.15) is 0 Å². The molecule has 0 radical (unpaired) electrons. The van der Waals surface area contributed by atoms with E-state index in [4.69, 9.17) is 0 Å². The van der Waals surface area contributed by atoms with E-state index in [2.05, 4.69) is 33.1 Å². The van der Waals surface area contributed by atoms with Crippen molar-refractivity contribution in [3.8, 4) is 0 Å². The molecule has 0 bridgehead atoms. The van der Waals surface area contributed by atoms with Crippen molar-refractivity contribution in [3.05, 3.63) is 34.1 Å². The molecule has 1 heterocycles. The lowest BCUT2D eigenvalue weighted by Crippen LogP contribution is -2.45. The third-order valence-electron chi connectivity index (χ3n) is 3.31. The Labute approximate surface area is 122 Å². The summed E-state index contributed by atoms with van der Waals surface area (Å²) in [6, 6.07) is 5.75. The molecule has 2 nitrogen and oxygen atoms in total.